The highest BCUT2D eigenvalue weighted by Crippen LogP contribution is 2.22. The van der Waals surface area contributed by atoms with Crippen LogP contribution in [0.2, 0.25) is 0 Å². The van der Waals surface area contributed by atoms with Gasteiger partial charge in [-0.3, -0.25) is 19.8 Å². The van der Waals surface area contributed by atoms with E-state index in [9.17, 15) is 14.4 Å². The number of epoxide rings is 1. The third-order valence-corrected chi connectivity index (χ3v) is 3.96. The highest BCUT2D eigenvalue weighted by molar-refractivity contribution is 5.96. The van der Waals surface area contributed by atoms with Crippen molar-refractivity contribution >= 4 is 17.7 Å². The number of hydrogen-bond donors (Lipinski definition) is 4. The van der Waals surface area contributed by atoms with Crippen LogP contribution in [0.3, 0.4) is 0 Å². The van der Waals surface area contributed by atoms with Crippen molar-refractivity contribution in [1.82, 2.24) is 21.5 Å². The first-order valence-corrected chi connectivity index (χ1v) is 9.52. The Labute approximate surface area is 156 Å². The molecule has 0 aromatic heterocycles. The lowest BCUT2D eigenvalue weighted by atomic mass is 10.0. The molecule has 0 radical (unpaired) electrons. The van der Waals surface area contributed by atoms with Gasteiger partial charge in [0.2, 0.25) is 5.91 Å². The minimum atomic E-state index is -0.837. The minimum absolute atomic E-state index is 0.195. The second kappa shape index (κ2) is 11.1. The van der Waals surface area contributed by atoms with Crippen LogP contribution in [0, 0.1) is 11.8 Å². The van der Waals surface area contributed by atoms with Crippen molar-refractivity contribution in [2.24, 2.45) is 11.8 Å². The van der Waals surface area contributed by atoms with E-state index in [2.05, 4.69) is 35.3 Å². The number of carbonyl (C=O) groups is 3. The zero-order valence-corrected chi connectivity index (χ0v) is 16.6. The molecule has 3 amide bonds. The lowest BCUT2D eigenvalue weighted by Crippen LogP contribution is -2.49. The normalized spacial score (nSPS) is 20.0. The van der Waals surface area contributed by atoms with Gasteiger partial charge in [-0.2, -0.15) is 0 Å². The molecule has 1 aliphatic heterocycles. The van der Waals surface area contributed by atoms with E-state index in [4.69, 9.17) is 4.74 Å². The van der Waals surface area contributed by atoms with Crippen LogP contribution < -0.4 is 21.5 Å². The predicted octanol–water partition coefficient (Wildman–Crippen LogP) is 0.478. The first kappa shape index (κ1) is 22.4. The van der Waals surface area contributed by atoms with Gasteiger partial charge < -0.3 is 15.4 Å². The first-order valence-electron chi connectivity index (χ1n) is 9.52. The van der Waals surface area contributed by atoms with Gasteiger partial charge in [0.05, 0.1) is 0 Å². The molecule has 0 aliphatic carbocycles. The molecule has 1 aliphatic rings. The van der Waals surface area contributed by atoms with Crippen molar-refractivity contribution in [2.75, 3.05) is 13.1 Å². The fourth-order valence-corrected chi connectivity index (χ4v) is 2.42. The van der Waals surface area contributed by atoms with Gasteiger partial charge in [0.25, 0.3) is 11.8 Å². The molecule has 150 valence electrons. The van der Waals surface area contributed by atoms with Crippen LogP contribution in [0.25, 0.3) is 0 Å². The Kier molecular flexibility index (Phi) is 9.58. The van der Waals surface area contributed by atoms with Crippen molar-refractivity contribution < 1.29 is 19.1 Å². The monoisotopic (exact) mass is 370 g/mol. The Bertz CT molecular complexity index is 482. The highest BCUT2D eigenvalue weighted by atomic mass is 16.6. The zero-order valence-electron chi connectivity index (χ0n) is 16.6. The fraction of sp³-hybridized carbons (Fsp3) is 0.833. The number of carbonyl (C=O) groups excluding carboxylic acids is 3. The van der Waals surface area contributed by atoms with Crippen molar-refractivity contribution in [3.63, 3.8) is 0 Å². The van der Waals surface area contributed by atoms with Gasteiger partial charge in [-0.05, 0) is 31.1 Å². The Morgan fingerprint density at radius 1 is 0.962 bits per heavy atom. The van der Waals surface area contributed by atoms with Crippen LogP contribution in [0.15, 0.2) is 0 Å². The molecule has 0 spiro atoms. The van der Waals surface area contributed by atoms with E-state index in [1.165, 1.54) is 0 Å². The molecule has 3 atom stereocenters. The maximum atomic E-state index is 12.4. The molecule has 1 rings (SSSR count). The molecule has 0 bridgehead atoms. The summed E-state index contributed by atoms with van der Waals surface area (Å²) in [5.41, 5.74) is 5.26. The van der Waals surface area contributed by atoms with Crippen molar-refractivity contribution in [3.8, 4) is 0 Å². The van der Waals surface area contributed by atoms with Gasteiger partial charge in [-0.15, -0.1) is 0 Å². The van der Waals surface area contributed by atoms with E-state index in [0.717, 1.165) is 12.8 Å². The summed E-state index contributed by atoms with van der Waals surface area (Å²) in [4.78, 5) is 36.5. The molecule has 0 saturated carbocycles. The van der Waals surface area contributed by atoms with Crippen LogP contribution in [0.4, 0.5) is 0 Å². The number of hydrazine groups is 1. The second-order valence-electron chi connectivity index (χ2n) is 7.56. The maximum Gasteiger partial charge on any atom is 0.266 e. The molecule has 0 unspecified atom stereocenters. The third-order valence-electron chi connectivity index (χ3n) is 3.96. The SMILES string of the molecule is CCCNNC(=O)[C@H]1O[C@@H]1C(=O)N[C@@H](CC(C)C)C(=O)NCCC(C)C. The summed E-state index contributed by atoms with van der Waals surface area (Å²) < 4.78 is 5.17. The molecule has 1 saturated heterocycles. The Hall–Kier alpha value is -1.67. The lowest BCUT2D eigenvalue weighted by Gasteiger charge is -2.20. The van der Waals surface area contributed by atoms with E-state index >= 15 is 0 Å². The summed E-state index contributed by atoms with van der Waals surface area (Å²) in [6, 6.07) is -0.624. The highest BCUT2D eigenvalue weighted by Gasteiger charge is 2.51. The summed E-state index contributed by atoms with van der Waals surface area (Å²) in [6.45, 7) is 11.4. The standard InChI is InChI=1S/C18H34N4O4/c1-6-8-20-22-18(25)15-14(26-15)17(24)21-13(10-12(4)5)16(23)19-9-7-11(2)3/h11-15,20H,6-10H2,1-5H3,(H,19,23)(H,21,24)(H,22,25)/t13-,14-,15-/m0/s1. The molecular formula is C18H34N4O4. The van der Waals surface area contributed by atoms with E-state index in [1.807, 2.05) is 20.8 Å². The summed E-state index contributed by atoms with van der Waals surface area (Å²) in [5.74, 6) is -0.257. The Morgan fingerprint density at radius 2 is 1.62 bits per heavy atom. The number of ether oxygens (including phenoxy) is 1. The van der Waals surface area contributed by atoms with Crippen LogP contribution in [0.5, 0.6) is 0 Å². The molecule has 8 heteroatoms. The molecule has 8 nitrogen and oxygen atoms in total. The van der Waals surface area contributed by atoms with Gasteiger partial charge in [0, 0.05) is 13.1 Å². The fourth-order valence-electron chi connectivity index (χ4n) is 2.42. The number of amides is 3. The van der Waals surface area contributed by atoms with E-state index in [1.54, 1.807) is 0 Å². The minimum Gasteiger partial charge on any atom is -0.354 e. The molecule has 1 heterocycles. The van der Waals surface area contributed by atoms with Gasteiger partial charge in [0.1, 0.15) is 6.04 Å². The van der Waals surface area contributed by atoms with Crippen LogP contribution >= 0.6 is 0 Å². The molecule has 26 heavy (non-hydrogen) atoms. The van der Waals surface area contributed by atoms with Crippen molar-refractivity contribution in [1.29, 1.82) is 0 Å². The van der Waals surface area contributed by atoms with Gasteiger partial charge in [0.15, 0.2) is 12.2 Å². The predicted molar refractivity (Wildman–Crippen MR) is 98.9 cm³/mol. The van der Waals surface area contributed by atoms with E-state index < -0.39 is 24.2 Å². The zero-order chi connectivity index (χ0) is 19.7. The molecule has 0 aromatic carbocycles. The largest absolute Gasteiger partial charge is 0.354 e. The van der Waals surface area contributed by atoms with Crippen LogP contribution in [-0.2, 0) is 19.1 Å². The summed E-state index contributed by atoms with van der Waals surface area (Å²) in [6.07, 6.45) is 0.645. The van der Waals surface area contributed by atoms with Crippen LogP contribution in [-0.4, -0.2) is 49.1 Å². The van der Waals surface area contributed by atoms with Crippen molar-refractivity contribution in [2.45, 2.75) is 72.1 Å². The first-order chi connectivity index (χ1) is 12.3. The molecule has 1 fully saturated rings. The molecule has 4 N–H and O–H groups in total. The van der Waals surface area contributed by atoms with E-state index in [0.29, 0.717) is 25.4 Å². The Balaban J connectivity index is 2.48. The number of hydrogen-bond acceptors (Lipinski definition) is 5. The average Bonchev–Trinajstić information content (AvgIpc) is 3.34. The van der Waals surface area contributed by atoms with Crippen molar-refractivity contribution in [3.05, 3.63) is 0 Å². The summed E-state index contributed by atoms with van der Waals surface area (Å²) in [5, 5.41) is 5.59. The second-order valence-corrected chi connectivity index (χ2v) is 7.56. The molecular weight excluding hydrogens is 336 g/mol. The van der Waals surface area contributed by atoms with Crippen LogP contribution in [0.1, 0.15) is 53.9 Å². The lowest BCUT2D eigenvalue weighted by molar-refractivity contribution is -0.130. The molecule has 0 aromatic rings. The smallest absolute Gasteiger partial charge is 0.266 e. The van der Waals surface area contributed by atoms with Gasteiger partial charge in [-0.1, -0.05) is 34.6 Å². The Morgan fingerprint density at radius 3 is 2.19 bits per heavy atom. The number of nitrogens with one attached hydrogen (secondary N) is 4. The third kappa shape index (κ3) is 8.14. The number of rotatable bonds is 12. The summed E-state index contributed by atoms with van der Waals surface area (Å²) in [7, 11) is 0. The maximum absolute atomic E-state index is 12.4. The topological polar surface area (TPSA) is 112 Å². The average molecular weight is 370 g/mol. The van der Waals surface area contributed by atoms with Gasteiger partial charge >= 0.3 is 0 Å². The summed E-state index contributed by atoms with van der Waals surface area (Å²) >= 11 is 0. The van der Waals surface area contributed by atoms with E-state index in [-0.39, 0.29) is 17.7 Å². The van der Waals surface area contributed by atoms with Gasteiger partial charge in [-0.25, -0.2) is 5.43 Å². The quantitative estimate of drug-likeness (QED) is 0.227.